The quantitative estimate of drug-likeness (QED) is 0.910. The lowest BCUT2D eigenvalue weighted by atomic mass is 10.1. The van der Waals surface area contributed by atoms with Crippen LogP contribution in [0.3, 0.4) is 0 Å². The SMILES string of the molecule is CC(O)c1ccc(N(C)Cc2cccs2)cc1Br. The number of aliphatic hydroxyl groups excluding tert-OH is 1. The lowest BCUT2D eigenvalue weighted by Gasteiger charge is -2.20. The van der Waals surface area contributed by atoms with Gasteiger partial charge in [-0.3, -0.25) is 0 Å². The third-order valence-electron chi connectivity index (χ3n) is 2.85. The van der Waals surface area contributed by atoms with Gasteiger partial charge in [0.1, 0.15) is 0 Å². The first-order valence-corrected chi connectivity index (χ1v) is 7.46. The Hall–Kier alpha value is -0.840. The largest absolute Gasteiger partial charge is 0.389 e. The van der Waals surface area contributed by atoms with Gasteiger partial charge in [0.15, 0.2) is 0 Å². The Morgan fingerprint density at radius 2 is 2.17 bits per heavy atom. The third-order valence-corrected chi connectivity index (χ3v) is 4.40. The van der Waals surface area contributed by atoms with Crippen LogP contribution >= 0.6 is 27.3 Å². The maximum Gasteiger partial charge on any atom is 0.0772 e. The number of rotatable bonds is 4. The Kier molecular flexibility index (Phi) is 4.43. The second-order valence-corrected chi connectivity index (χ2v) is 6.20. The molecule has 0 bridgehead atoms. The van der Waals surface area contributed by atoms with E-state index in [9.17, 15) is 5.11 Å². The molecule has 1 heterocycles. The van der Waals surface area contributed by atoms with E-state index in [-0.39, 0.29) is 0 Å². The fourth-order valence-electron chi connectivity index (χ4n) is 1.82. The summed E-state index contributed by atoms with van der Waals surface area (Å²) in [6, 6.07) is 10.3. The summed E-state index contributed by atoms with van der Waals surface area (Å²) < 4.78 is 0.952. The van der Waals surface area contributed by atoms with E-state index in [4.69, 9.17) is 0 Å². The van der Waals surface area contributed by atoms with Gasteiger partial charge in [0.2, 0.25) is 0 Å². The van der Waals surface area contributed by atoms with E-state index in [0.717, 1.165) is 22.3 Å². The molecule has 0 saturated heterocycles. The van der Waals surface area contributed by atoms with E-state index >= 15 is 0 Å². The number of benzene rings is 1. The van der Waals surface area contributed by atoms with Crippen molar-refractivity contribution in [1.29, 1.82) is 0 Å². The van der Waals surface area contributed by atoms with Crippen molar-refractivity contribution in [2.45, 2.75) is 19.6 Å². The molecule has 1 unspecified atom stereocenters. The standard InChI is InChI=1S/C14H16BrNOS/c1-10(17)13-6-5-11(8-14(13)15)16(2)9-12-4-3-7-18-12/h3-8,10,17H,9H2,1-2H3. The van der Waals surface area contributed by atoms with E-state index in [0.29, 0.717) is 0 Å². The summed E-state index contributed by atoms with van der Waals surface area (Å²) in [7, 11) is 2.07. The highest BCUT2D eigenvalue weighted by Gasteiger charge is 2.09. The highest BCUT2D eigenvalue weighted by molar-refractivity contribution is 9.10. The van der Waals surface area contributed by atoms with Gasteiger partial charge in [-0.25, -0.2) is 0 Å². The molecule has 0 aliphatic rings. The van der Waals surface area contributed by atoms with Crippen LogP contribution in [0, 0.1) is 0 Å². The van der Waals surface area contributed by atoms with Crippen LogP contribution in [0.4, 0.5) is 5.69 Å². The summed E-state index contributed by atoms with van der Waals surface area (Å²) in [6.45, 7) is 2.67. The van der Waals surface area contributed by atoms with Crippen LogP contribution in [0.2, 0.25) is 0 Å². The van der Waals surface area contributed by atoms with Crippen LogP contribution in [0.15, 0.2) is 40.2 Å². The van der Waals surface area contributed by atoms with Gasteiger partial charge in [0, 0.05) is 22.1 Å². The van der Waals surface area contributed by atoms with Crippen LogP contribution in [0.5, 0.6) is 0 Å². The predicted octanol–water partition coefficient (Wildman–Crippen LogP) is 4.20. The Morgan fingerprint density at radius 3 is 2.72 bits per heavy atom. The molecule has 1 aromatic heterocycles. The topological polar surface area (TPSA) is 23.5 Å². The zero-order valence-electron chi connectivity index (χ0n) is 10.4. The van der Waals surface area contributed by atoms with Crippen LogP contribution in [0.25, 0.3) is 0 Å². The number of hydrogen-bond donors (Lipinski definition) is 1. The number of aliphatic hydroxyl groups is 1. The minimum Gasteiger partial charge on any atom is -0.389 e. The van der Waals surface area contributed by atoms with Crippen molar-refractivity contribution >= 4 is 33.0 Å². The van der Waals surface area contributed by atoms with Gasteiger partial charge >= 0.3 is 0 Å². The molecule has 18 heavy (non-hydrogen) atoms. The average Bonchev–Trinajstić information content (AvgIpc) is 2.81. The zero-order chi connectivity index (χ0) is 13.1. The molecular formula is C14H16BrNOS. The average molecular weight is 326 g/mol. The van der Waals surface area contributed by atoms with Crippen molar-refractivity contribution < 1.29 is 5.11 Å². The van der Waals surface area contributed by atoms with Gasteiger partial charge in [0.05, 0.1) is 12.6 Å². The fourth-order valence-corrected chi connectivity index (χ4v) is 3.28. The van der Waals surface area contributed by atoms with Gasteiger partial charge in [-0.15, -0.1) is 11.3 Å². The number of nitrogens with zero attached hydrogens (tertiary/aromatic N) is 1. The fraction of sp³-hybridized carbons (Fsp3) is 0.286. The normalized spacial score (nSPS) is 12.4. The van der Waals surface area contributed by atoms with Crippen molar-refractivity contribution in [2.75, 3.05) is 11.9 Å². The second-order valence-electron chi connectivity index (χ2n) is 4.32. The molecule has 0 radical (unpaired) electrons. The van der Waals surface area contributed by atoms with Gasteiger partial charge in [-0.05, 0) is 36.1 Å². The molecule has 2 nitrogen and oxygen atoms in total. The van der Waals surface area contributed by atoms with Gasteiger partial charge in [0.25, 0.3) is 0 Å². The monoisotopic (exact) mass is 325 g/mol. The van der Waals surface area contributed by atoms with Gasteiger partial charge < -0.3 is 10.0 Å². The molecule has 0 fully saturated rings. The molecule has 2 aromatic rings. The van der Waals surface area contributed by atoms with E-state index in [2.05, 4.69) is 51.5 Å². The van der Waals surface area contributed by atoms with Crippen molar-refractivity contribution in [3.63, 3.8) is 0 Å². The van der Waals surface area contributed by atoms with E-state index < -0.39 is 6.10 Å². The molecule has 0 spiro atoms. The Morgan fingerprint density at radius 1 is 1.39 bits per heavy atom. The maximum absolute atomic E-state index is 9.60. The number of hydrogen-bond acceptors (Lipinski definition) is 3. The molecule has 1 atom stereocenters. The van der Waals surface area contributed by atoms with Crippen molar-refractivity contribution in [1.82, 2.24) is 0 Å². The van der Waals surface area contributed by atoms with Crippen LogP contribution in [0.1, 0.15) is 23.5 Å². The summed E-state index contributed by atoms with van der Waals surface area (Å²) in [5, 5.41) is 11.7. The summed E-state index contributed by atoms with van der Waals surface area (Å²) in [5.41, 5.74) is 2.06. The number of halogens is 1. The summed E-state index contributed by atoms with van der Waals surface area (Å²) in [5.74, 6) is 0. The summed E-state index contributed by atoms with van der Waals surface area (Å²) >= 11 is 5.27. The van der Waals surface area contributed by atoms with E-state index in [1.807, 2.05) is 12.1 Å². The van der Waals surface area contributed by atoms with Crippen molar-refractivity contribution in [2.24, 2.45) is 0 Å². The molecule has 2 rings (SSSR count). The molecule has 4 heteroatoms. The van der Waals surface area contributed by atoms with Crippen LogP contribution in [-0.4, -0.2) is 12.2 Å². The van der Waals surface area contributed by atoms with E-state index in [1.165, 1.54) is 4.88 Å². The predicted molar refractivity (Wildman–Crippen MR) is 81.2 cm³/mol. The molecular weight excluding hydrogens is 310 g/mol. The first-order chi connectivity index (χ1) is 8.58. The minimum atomic E-state index is -0.448. The van der Waals surface area contributed by atoms with Crippen LogP contribution < -0.4 is 4.90 Å². The smallest absolute Gasteiger partial charge is 0.0772 e. The minimum absolute atomic E-state index is 0.448. The van der Waals surface area contributed by atoms with Crippen molar-refractivity contribution in [3.8, 4) is 0 Å². The summed E-state index contributed by atoms with van der Waals surface area (Å²) in [6.07, 6.45) is -0.448. The molecule has 1 N–H and O–H groups in total. The van der Waals surface area contributed by atoms with E-state index in [1.54, 1.807) is 18.3 Å². The lowest BCUT2D eigenvalue weighted by Crippen LogP contribution is -2.15. The molecule has 1 aromatic carbocycles. The Bertz CT molecular complexity index is 511. The Labute approximate surface area is 120 Å². The zero-order valence-corrected chi connectivity index (χ0v) is 12.8. The number of thiophene rings is 1. The summed E-state index contributed by atoms with van der Waals surface area (Å²) in [4.78, 5) is 3.54. The first kappa shape index (κ1) is 13.6. The highest BCUT2D eigenvalue weighted by Crippen LogP contribution is 2.28. The molecule has 0 aliphatic heterocycles. The molecule has 0 aliphatic carbocycles. The van der Waals surface area contributed by atoms with Gasteiger partial charge in [-0.2, -0.15) is 0 Å². The van der Waals surface area contributed by atoms with Gasteiger partial charge in [-0.1, -0.05) is 28.1 Å². The first-order valence-electron chi connectivity index (χ1n) is 5.79. The lowest BCUT2D eigenvalue weighted by molar-refractivity contribution is 0.198. The second kappa shape index (κ2) is 5.87. The highest BCUT2D eigenvalue weighted by atomic mass is 79.9. The third kappa shape index (κ3) is 3.13. The maximum atomic E-state index is 9.60. The van der Waals surface area contributed by atoms with Crippen LogP contribution in [-0.2, 0) is 6.54 Å². The number of anilines is 1. The molecule has 0 amide bonds. The molecule has 96 valence electrons. The molecule has 0 saturated carbocycles. The van der Waals surface area contributed by atoms with Crippen molar-refractivity contribution in [3.05, 3.63) is 50.6 Å². The Balaban J connectivity index is 2.16.